The maximum absolute atomic E-state index is 13.6. The molecule has 0 fully saturated rings. The Kier molecular flexibility index (Phi) is 7.61. The first kappa shape index (κ1) is 26.3. The molecule has 3 aromatic carbocycles. The third kappa shape index (κ3) is 5.71. The molecule has 5 rings (SSSR count). The van der Waals surface area contributed by atoms with E-state index in [1.807, 2.05) is 30.3 Å². The van der Waals surface area contributed by atoms with Crippen molar-refractivity contribution in [1.29, 1.82) is 0 Å². The van der Waals surface area contributed by atoms with E-state index in [1.54, 1.807) is 59.5 Å². The summed E-state index contributed by atoms with van der Waals surface area (Å²) in [6, 6.07) is 24.8. The van der Waals surface area contributed by atoms with E-state index in [9.17, 15) is 19.7 Å². The summed E-state index contributed by atoms with van der Waals surface area (Å²) in [4.78, 5) is 41.6. The van der Waals surface area contributed by atoms with E-state index >= 15 is 0 Å². The largest absolute Gasteiger partial charge is 0.444 e. The van der Waals surface area contributed by atoms with Crippen molar-refractivity contribution in [2.75, 3.05) is 5.32 Å². The Bertz CT molecular complexity index is 1680. The van der Waals surface area contributed by atoms with Crippen molar-refractivity contribution in [1.82, 2.24) is 14.8 Å². The lowest BCUT2D eigenvalue weighted by atomic mass is 10.1. The third-order valence-electron chi connectivity index (χ3n) is 5.88. The van der Waals surface area contributed by atoms with Crippen molar-refractivity contribution in [3.8, 4) is 16.9 Å². The zero-order valence-corrected chi connectivity index (χ0v) is 21.4. The number of benzene rings is 3. The van der Waals surface area contributed by atoms with Gasteiger partial charge in [0, 0.05) is 41.9 Å². The fourth-order valence-corrected chi connectivity index (χ4v) is 4.16. The van der Waals surface area contributed by atoms with Gasteiger partial charge in [-0.2, -0.15) is 5.10 Å². The number of nitro benzene ring substituents is 1. The van der Waals surface area contributed by atoms with E-state index in [-0.39, 0.29) is 22.0 Å². The molecular formula is C29H20ClN5O5. The number of nitro groups is 1. The Hall–Kier alpha value is -5.35. The van der Waals surface area contributed by atoms with Crippen LogP contribution in [0.5, 0.6) is 0 Å². The summed E-state index contributed by atoms with van der Waals surface area (Å²) in [6.45, 7) is 0. The SMILES string of the molecule is O=C(OC(C(=O)Nc1ccc([N+](=O)[O-])cc1Cl)c1ccccc1)c1cn(-c2ccccc2)nc1-c1cccnc1. The van der Waals surface area contributed by atoms with Gasteiger partial charge in [-0.25, -0.2) is 9.48 Å². The quantitative estimate of drug-likeness (QED) is 0.141. The number of amides is 1. The lowest BCUT2D eigenvalue weighted by molar-refractivity contribution is -0.384. The number of rotatable bonds is 8. The van der Waals surface area contributed by atoms with Gasteiger partial charge in [-0.3, -0.25) is 19.9 Å². The van der Waals surface area contributed by atoms with Crippen LogP contribution in [0.4, 0.5) is 11.4 Å². The van der Waals surface area contributed by atoms with Gasteiger partial charge in [-0.1, -0.05) is 60.1 Å². The highest BCUT2D eigenvalue weighted by Crippen LogP contribution is 2.30. The number of hydrogen-bond acceptors (Lipinski definition) is 7. The van der Waals surface area contributed by atoms with E-state index in [0.717, 1.165) is 11.8 Å². The van der Waals surface area contributed by atoms with E-state index in [1.165, 1.54) is 18.3 Å². The number of nitrogens with zero attached hydrogens (tertiary/aromatic N) is 4. The molecular weight excluding hydrogens is 534 g/mol. The molecule has 198 valence electrons. The Morgan fingerprint density at radius 1 is 0.975 bits per heavy atom. The second kappa shape index (κ2) is 11.6. The number of pyridine rings is 1. The van der Waals surface area contributed by atoms with Gasteiger partial charge < -0.3 is 10.1 Å². The number of hydrogen-bond donors (Lipinski definition) is 1. The average molecular weight is 554 g/mol. The van der Waals surface area contributed by atoms with Gasteiger partial charge in [0.15, 0.2) is 0 Å². The molecule has 1 unspecified atom stereocenters. The Balaban J connectivity index is 1.49. The Morgan fingerprint density at radius 2 is 1.70 bits per heavy atom. The van der Waals surface area contributed by atoms with Gasteiger partial charge in [-0.15, -0.1) is 0 Å². The van der Waals surface area contributed by atoms with Crippen LogP contribution in [0.1, 0.15) is 22.0 Å². The summed E-state index contributed by atoms with van der Waals surface area (Å²) >= 11 is 6.18. The molecule has 0 aliphatic carbocycles. The van der Waals surface area contributed by atoms with E-state index < -0.39 is 22.9 Å². The molecule has 0 aliphatic rings. The van der Waals surface area contributed by atoms with Gasteiger partial charge in [0.1, 0.15) is 11.3 Å². The normalized spacial score (nSPS) is 11.4. The molecule has 1 atom stereocenters. The van der Waals surface area contributed by atoms with Crippen molar-refractivity contribution in [2.24, 2.45) is 0 Å². The molecule has 0 radical (unpaired) electrons. The minimum absolute atomic E-state index is 0.0383. The first-order chi connectivity index (χ1) is 19.4. The van der Waals surface area contributed by atoms with Crippen LogP contribution in [0.15, 0.2) is 110 Å². The molecule has 11 heteroatoms. The topological polar surface area (TPSA) is 129 Å². The van der Waals surface area contributed by atoms with Crippen LogP contribution in [0.25, 0.3) is 16.9 Å². The van der Waals surface area contributed by atoms with Gasteiger partial charge >= 0.3 is 5.97 Å². The molecule has 0 bridgehead atoms. The summed E-state index contributed by atoms with van der Waals surface area (Å²) in [5.74, 6) is -1.49. The van der Waals surface area contributed by atoms with E-state index in [2.05, 4.69) is 15.4 Å². The van der Waals surface area contributed by atoms with Crippen LogP contribution >= 0.6 is 11.6 Å². The summed E-state index contributed by atoms with van der Waals surface area (Å²) < 4.78 is 7.34. The number of nitrogens with one attached hydrogen (secondary N) is 1. The lowest BCUT2D eigenvalue weighted by Gasteiger charge is -2.18. The number of carbonyl (C=O) groups is 2. The monoisotopic (exact) mass is 553 g/mol. The third-order valence-corrected chi connectivity index (χ3v) is 6.19. The maximum atomic E-state index is 13.6. The number of carbonyl (C=O) groups excluding carboxylic acids is 2. The summed E-state index contributed by atoms with van der Waals surface area (Å²) in [5.41, 5.74) is 2.06. The van der Waals surface area contributed by atoms with Crippen LogP contribution in [-0.2, 0) is 9.53 Å². The van der Waals surface area contributed by atoms with Crippen molar-refractivity contribution in [3.05, 3.63) is 136 Å². The zero-order valence-electron chi connectivity index (χ0n) is 20.7. The zero-order chi connectivity index (χ0) is 28.1. The lowest BCUT2D eigenvalue weighted by Crippen LogP contribution is -2.26. The molecule has 0 spiro atoms. The molecule has 5 aromatic rings. The molecule has 1 N–H and O–H groups in total. The Morgan fingerprint density at radius 3 is 2.35 bits per heavy atom. The van der Waals surface area contributed by atoms with Crippen molar-refractivity contribution < 1.29 is 19.2 Å². The highest BCUT2D eigenvalue weighted by Gasteiger charge is 2.29. The first-order valence-corrected chi connectivity index (χ1v) is 12.3. The highest BCUT2D eigenvalue weighted by molar-refractivity contribution is 6.34. The fraction of sp³-hybridized carbons (Fsp3) is 0.0345. The standard InChI is InChI=1S/C29H20ClN5O5/c30-24-16-22(35(38)39)13-14-25(24)32-28(36)27(19-8-3-1-4-9-19)40-29(37)23-18-34(21-11-5-2-6-12-21)33-26(23)20-10-7-15-31-17-20/h1-18,27H,(H,32,36). The number of non-ortho nitro benzene ring substituents is 1. The summed E-state index contributed by atoms with van der Waals surface area (Å²) in [6.07, 6.45) is 3.34. The van der Waals surface area contributed by atoms with Crippen molar-refractivity contribution >= 4 is 34.9 Å². The smallest absolute Gasteiger partial charge is 0.343 e. The van der Waals surface area contributed by atoms with Gasteiger partial charge in [0.25, 0.3) is 11.6 Å². The van der Waals surface area contributed by atoms with Gasteiger partial charge in [0.2, 0.25) is 6.10 Å². The van der Waals surface area contributed by atoms with Crippen molar-refractivity contribution in [3.63, 3.8) is 0 Å². The predicted octanol–water partition coefficient (Wildman–Crippen LogP) is 6.03. The van der Waals surface area contributed by atoms with Crippen LogP contribution in [0, 0.1) is 10.1 Å². The molecule has 0 saturated heterocycles. The van der Waals surface area contributed by atoms with Crippen LogP contribution < -0.4 is 5.32 Å². The summed E-state index contributed by atoms with van der Waals surface area (Å²) in [5, 5.41) is 18.2. The maximum Gasteiger partial charge on any atom is 0.343 e. The predicted molar refractivity (Wildman–Crippen MR) is 148 cm³/mol. The number of halogens is 1. The minimum atomic E-state index is -1.37. The van der Waals surface area contributed by atoms with Crippen molar-refractivity contribution in [2.45, 2.75) is 6.10 Å². The van der Waals surface area contributed by atoms with Crippen LogP contribution in [0.3, 0.4) is 0 Å². The first-order valence-electron chi connectivity index (χ1n) is 12.0. The van der Waals surface area contributed by atoms with E-state index in [4.69, 9.17) is 16.3 Å². The molecule has 1 amide bonds. The highest BCUT2D eigenvalue weighted by atomic mass is 35.5. The molecule has 0 saturated carbocycles. The average Bonchev–Trinajstić information content (AvgIpc) is 3.44. The fourth-order valence-electron chi connectivity index (χ4n) is 3.94. The molecule has 2 aromatic heterocycles. The number of ether oxygens (including phenoxy) is 1. The van der Waals surface area contributed by atoms with Gasteiger partial charge in [-0.05, 0) is 30.3 Å². The number of para-hydroxylation sites is 1. The number of aromatic nitrogens is 3. The molecule has 0 aliphatic heterocycles. The van der Waals surface area contributed by atoms with E-state index in [0.29, 0.717) is 16.8 Å². The van der Waals surface area contributed by atoms with Crippen LogP contribution in [-0.4, -0.2) is 31.6 Å². The van der Waals surface area contributed by atoms with Gasteiger partial charge in [0.05, 0.1) is 21.3 Å². The second-order valence-corrected chi connectivity index (χ2v) is 8.93. The molecule has 2 heterocycles. The molecule has 10 nitrogen and oxygen atoms in total. The Labute approximate surface area is 233 Å². The number of esters is 1. The minimum Gasteiger partial charge on any atom is -0.444 e. The molecule has 40 heavy (non-hydrogen) atoms. The number of anilines is 1. The second-order valence-electron chi connectivity index (χ2n) is 8.52. The summed E-state index contributed by atoms with van der Waals surface area (Å²) in [7, 11) is 0. The van der Waals surface area contributed by atoms with Crippen LogP contribution in [0.2, 0.25) is 5.02 Å².